The van der Waals surface area contributed by atoms with Crippen LogP contribution in [0.5, 0.6) is 0 Å². The highest BCUT2D eigenvalue weighted by atomic mass is 35.5. The highest BCUT2D eigenvalue weighted by Gasteiger charge is 2.37. The summed E-state index contributed by atoms with van der Waals surface area (Å²) < 4.78 is 0. The van der Waals surface area contributed by atoms with Crippen LogP contribution in [-0.4, -0.2) is 11.7 Å². The van der Waals surface area contributed by atoms with Crippen molar-refractivity contribution in [3.63, 3.8) is 0 Å². The molecule has 3 nitrogen and oxygen atoms in total. The van der Waals surface area contributed by atoms with E-state index in [1.54, 1.807) is 6.07 Å². The van der Waals surface area contributed by atoms with Crippen LogP contribution in [0.25, 0.3) is 0 Å². The molecule has 4 heteroatoms. The van der Waals surface area contributed by atoms with Gasteiger partial charge in [-0.3, -0.25) is 9.59 Å². The number of carbonyl (C=O) groups is 2. The van der Waals surface area contributed by atoms with Gasteiger partial charge in [0.2, 0.25) is 0 Å². The van der Waals surface area contributed by atoms with Crippen LogP contribution in [0.15, 0.2) is 36.4 Å². The number of ketones is 1. The third-order valence-corrected chi connectivity index (χ3v) is 4.07. The summed E-state index contributed by atoms with van der Waals surface area (Å²) in [6.07, 6.45) is 0. The molecule has 1 amide bonds. The average molecular weight is 300 g/mol. The van der Waals surface area contributed by atoms with Gasteiger partial charge in [0.15, 0.2) is 0 Å². The Morgan fingerprint density at radius 1 is 1.10 bits per heavy atom. The fourth-order valence-electron chi connectivity index (χ4n) is 2.75. The molecule has 0 aromatic heterocycles. The van der Waals surface area contributed by atoms with Crippen LogP contribution in [0, 0.1) is 13.8 Å². The van der Waals surface area contributed by atoms with E-state index in [-0.39, 0.29) is 0 Å². The maximum absolute atomic E-state index is 12.3. The van der Waals surface area contributed by atoms with Gasteiger partial charge in [0.1, 0.15) is 0 Å². The van der Waals surface area contributed by atoms with E-state index in [4.69, 9.17) is 11.6 Å². The number of rotatable bonds is 2. The lowest BCUT2D eigenvalue weighted by atomic mass is 10.0. The van der Waals surface area contributed by atoms with Crippen molar-refractivity contribution in [2.75, 3.05) is 4.90 Å². The van der Waals surface area contributed by atoms with Gasteiger partial charge in [-0.05, 0) is 42.7 Å². The molecule has 2 aromatic carbocycles. The lowest BCUT2D eigenvalue weighted by Crippen LogP contribution is -2.29. The second-order valence-corrected chi connectivity index (χ2v) is 5.69. The molecular weight excluding hydrogens is 286 g/mol. The molecule has 1 aliphatic heterocycles. The van der Waals surface area contributed by atoms with Gasteiger partial charge in [-0.15, -0.1) is 0 Å². The molecule has 1 heterocycles. The molecule has 2 aromatic rings. The lowest BCUT2D eigenvalue weighted by Gasteiger charge is -2.18. The van der Waals surface area contributed by atoms with Gasteiger partial charge in [0, 0.05) is 5.02 Å². The van der Waals surface area contributed by atoms with Crippen LogP contribution in [0.2, 0.25) is 5.02 Å². The molecule has 0 aliphatic carbocycles. The fourth-order valence-corrected chi connectivity index (χ4v) is 2.94. The Kier molecular flexibility index (Phi) is 3.30. The van der Waals surface area contributed by atoms with Gasteiger partial charge in [-0.25, -0.2) is 0 Å². The monoisotopic (exact) mass is 299 g/mol. The summed E-state index contributed by atoms with van der Waals surface area (Å²) in [4.78, 5) is 26.0. The largest absolute Gasteiger partial charge is 0.300 e. The maximum Gasteiger partial charge on any atom is 0.299 e. The number of fused-ring (bicyclic) bond motifs is 1. The van der Waals surface area contributed by atoms with Gasteiger partial charge >= 0.3 is 0 Å². The predicted molar refractivity (Wildman–Crippen MR) is 82.9 cm³/mol. The van der Waals surface area contributed by atoms with Gasteiger partial charge in [0.05, 0.1) is 17.8 Å². The first-order chi connectivity index (χ1) is 9.99. The molecule has 0 radical (unpaired) electrons. The number of hydrogen-bond acceptors (Lipinski definition) is 2. The minimum Gasteiger partial charge on any atom is -0.300 e. The number of aryl methyl sites for hydroxylation is 2. The predicted octanol–water partition coefficient (Wildman–Crippen LogP) is 3.69. The van der Waals surface area contributed by atoms with Crippen molar-refractivity contribution in [1.29, 1.82) is 0 Å². The number of carbonyl (C=O) groups excluding carboxylic acids is 2. The van der Waals surface area contributed by atoms with Gasteiger partial charge in [0.25, 0.3) is 11.7 Å². The molecule has 0 N–H and O–H groups in total. The van der Waals surface area contributed by atoms with E-state index >= 15 is 0 Å². The van der Waals surface area contributed by atoms with Crippen LogP contribution >= 0.6 is 11.6 Å². The van der Waals surface area contributed by atoms with Crippen LogP contribution in [0.1, 0.15) is 27.0 Å². The zero-order valence-electron chi connectivity index (χ0n) is 11.8. The van der Waals surface area contributed by atoms with Crippen molar-refractivity contribution >= 4 is 29.0 Å². The van der Waals surface area contributed by atoms with Crippen LogP contribution in [-0.2, 0) is 11.3 Å². The molecule has 0 bridgehead atoms. The molecule has 0 saturated carbocycles. The highest BCUT2D eigenvalue weighted by molar-refractivity contribution is 6.52. The smallest absolute Gasteiger partial charge is 0.299 e. The van der Waals surface area contributed by atoms with E-state index < -0.39 is 11.7 Å². The van der Waals surface area contributed by atoms with Crippen LogP contribution in [0.4, 0.5) is 5.69 Å². The molecule has 0 atom stereocenters. The number of nitrogens with zero attached hydrogens (tertiary/aromatic N) is 1. The third kappa shape index (κ3) is 2.24. The topological polar surface area (TPSA) is 37.4 Å². The molecule has 0 saturated heterocycles. The Bertz CT molecular complexity index is 767. The van der Waals surface area contributed by atoms with Crippen molar-refractivity contribution in [3.8, 4) is 0 Å². The van der Waals surface area contributed by atoms with E-state index in [1.165, 1.54) is 4.90 Å². The average Bonchev–Trinajstić information content (AvgIpc) is 2.66. The van der Waals surface area contributed by atoms with E-state index in [1.807, 2.05) is 44.2 Å². The molecular formula is C17H14ClNO2. The maximum atomic E-state index is 12.3. The lowest BCUT2D eigenvalue weighted by molar-refractivity contribution is -0.114. The van der Waals surface area contributed by atoms with Crippen molar-refractivity contribution in [2.45, 2.75) is 20.4 Å². The first kappa shape index (κ1) is 13.8. The Labute approximate surface area is 128 Å². The van der Waals surface area contributed by atoms with E-state index in [9.17, 15) is 9.59 Å². The van der Waals surface area contributed by atoms with Crippen molar-refractivity contribution in [3.05, 3.63) is 63.7 Å². The normalized spacial score (nSPS) is 13.8. The van der Waals surface area contributed by atoms with E-state index in [0.717, 1.165) is 16.7 Å². The standard InChI is InChI=1S/C17H14ClNO2/c1-10-7-11(2)15-14(8-10)19(17(21)16(15)20)9-12-5-3-4-6-13(12)18/h3-8H,9H2,1-2H3. The number of Topliss-reactive ketones (excluding diaryl/α,β-unsaturated/α-hetero) is 1. The third-order valence-electron chi connectivity index (χ3n) is 3.70. The molecule has 0 unspecified atom stereocenters. The van der Waals surface area contributed by atoms with Gasteiger partial charge < -0.3 is 4.90 Å². The zero-order valence-corrected chi connectivity index (χ0v) is 12.6. The van der Waals surface area contributed by atoms with Crippen LogP contribution in [0.3, 0.4) is 0 Å². The summed E-state index contributed by atoms with van der Waals surface area (Å²) >= 11 is 6.15. The quantitative estimate of drug-likeness (QED) is 0.793. The number of halogens is 1. The highest BCUT2D eigenvalue weighted by Crippen LogP contribution is 2.34. The first-order valence-electron chi connectivity index (χ1n) is 6.70. The summed E-state index contributed by atoms with van der Waals surface area (Å²) in [5.74, 6) is -0.923. The van der Waals surface area contributed by atoms with Gasteiger partial charge in [-0.2, -0.15) is 0 Å². The summed E-state index contributed by atoms with van der Waals surface area (Å²) in [6, 6.07) is 11.1. The summed E-state index contributed by atoms with van der Waals surface area (Å²) in [5.41, 5.74) is 3.88. The Morgan fingerprint density at radius 3 is 2.52 bits per heavy atom. The van der Waals surface area contributed by atoms with Crippen molar-refractivity contribution in [1.82, 2.24) is 0 Å². The van der Waals surface area contributed by atoms with Gasteiger partial charge in [-0.1, -0.05) is 35.9 Å². The summed E-state index contributed by atoms with van der Waals surface area (Å²) in [5, 5.41) is 0.593. The first-order valence-corrected chi connectivity index (χ1v) is 7.07. The molecule has 3 rings (SSSR count). The Hall–Kier alpha value is -2.13. The second-order valence-electron chi connectivity index (χ2n) is 5.29. The van der Waals surface area contributed by atoms with E-state index in [0.29, 0.717) is 22.8 Å². The number of benzene rings is 2. The fraction of sp³-hybridized carbons (Fsp3) is 0.176. The molecule has 0 fully saturated rings. The minimum atomic E-state index is -0.487. The minimum absolute atomic E-state index is 0.306. The summed E-state index contributed by atoms with van der Waals surface area (Å²) in [7, 11) is 0. The molecule has 1 aliphatic rings. The van der Waals surface area contributed by atoms with E-state index in [2.05, 4.69) is 0 Å². The SMILES string of the molecule is Cc1cc(C)c2c(c1)N(Cc1ccccc1Cl)C(=O)C2=O. The van der Waals surface area contributed by atoms with Crippen LogP contribution < -0.4 is 4.90 Å². The number of anilines is 1. The Balaban J connectivity index is 2.08. The Morgan fingerprint density at radius 2 is 1.81 bits per heavy atom. The number of amides is 1. The van der Waals surface area contributed by atoms with Crippen molar-refractivity contribution < 1.29 is 9.59 Å². The second kappa shape index (κ2) is 5.01. The zero-order chi connectivity index (χ0) is 15.1. The van der Waals surface area contributed by atoms with Crippen molar-refractivity contribution in [2.24, 2.45) is 0 Å². The molecule has 106 valence electrons. The summed E-state index contributed by atoms with van der Waals surface area (Å²) in [6.45, 7) is 4.12. The number of hydrogen-bond donors (Lipinski definition) is 0. The molecule has 21 heavy (non-hydrogen) atoms. The molecule has 0 spiro atoms.